The molecule has 2 aromatic heterocycles. The van der Waals surface area contributed by atoms with E-state index in [9.17, 15) is 9.18 Å². The Labute approximate surface area is 191 Å². The van der Waals surface area contributed by atoms with Crippen molar-refractivity contribution in [1.82, 2.24) is 24.8 Å². The standard InChI is InChI=1S/C24H27FN6O2/c1-14-27-20-9-15(25)8-18-19-4-2-5-22(29-19)28-16-10-21(26-11-16)24(32)30-6-3-7-33-17(12-30)13-31(14)23(18)20/h2,4-5,8-9,16-17,21,26H,3,6-7,10-13H2,1H3,(H,28,29)/t16-,17?,21-/m0/s1. The number of aryl methyl sites for hydroxylation is 1. The van der Waals surface area contributed by atoms with Crippen LogP contribution in [0.3, 0.4) is 0 Å². The zero-order valence-electron chi connectivity index (χ0n) is 18.6. The van der Waals surface area contributed by atoms with Crippen molar-refractivity contribution in [2.24, 2.45) is 0 Å². The van der Waals surface area contributed by atoms with Gasteiger partial charge in [0.15, 0.2) is 0 Å². The summed E-state index contributed by atoms with van der Waals surface area (Å²) in [5, 5.41) is 6.84. The third-order valence-electron chi connectivity index (χ3n) is 6.85. The van der Waals surface area contributed by atoms with E-state index in [0.717, 1.165) is 17.8 Å². The van der Waals surface area contributed by atoms with Crippen molar-refractivity contribution >= 4 is 22.8 Å². The van der Waals surface area contributed by atoms with Crippen LogP contribution >= 0.6 is 0 Å². The van der Waals surface area contributed by atoms with Gasteiger partial charge in [0.1, 0.15) is 17.5 Å². The molecule has 2 saturated heterocycles. The summed E-state index contributed by atoms with van der Waals surface area (Å²) >= 11 is 0. The topological polar surface area (TPSA) is 84.3 Å². The maximum absolute atomic E-state index is 14.6. The minimum Gasteiger partial charge on any atom is -0.374 e. The number of nitrogens with zero attached hydrogens (tertiary/aromatic N) is 4. The first-order chi connectivity index (χ1) is 16.0. The van der Waals surface area contributed by atoms with Crippen LogP contribution in [0.4, 0.5) is 10.2 Å². The number of halogens is 1. The number of pyridine rings is 1. The largest absolute Gasteiger partial charge is 0.374 e. The lowest BCUT2D eigenvalue weighted by molar-refractivity contribution is -0.134. The third-order valence-corrected chi connectivity index (χ3v) is 6.85. The van der Waals surface area contributed by atoms with E-state index in [-0.39, 0.29) is 29.9 Å². The first kappa shape index (κ1) is 20.6. The first-order valence-corrected chi connectivity index (χ1v) is 11.6. The zero-order valence-corrected chi connectivity index (χ0v) is 18.6. The van der Waals surface area contributed by atoms with Gasteiger partial charge in [0.2, 0.25) is 5.91 Å². The number of anilines is 1. The van der Waals surface area contributed by atoms with E-state index in [4.69, 9.17) is 9.72 Å². The lowest BCUT2D eigenvalue weighted by Crippen LogP contribution is -2.46. The van der Waals surface area contributed by atoms with Crippen molar-refractivity contribution < 1.29 is 13.9 Å². The quantitative estimate of drug-likeness (QED) is 0.547. The second kappa shape index (κ2) is 8.07. The van der Waals surface area contributed by atoms with E-state index >= 15 is 0 Å². The number of carbonyl (C=O) groups excluding carboxylic acids is 1. The van der Waals surface area contributed by atoms with E-state index < -0.39 is 0 Å². The van der Waals surface area contributed by atoms with E-state index in [0.29, 0.717) is 61.8 Å². The fourth-order valence-electron chi connectivity index (χ4n) is 5.31. The van der Waals surface area contributed by atoms with Crippen LogP contribution in [0.5, 0.6) is 0 Å². The van der Waals surface area contributed by atoms with Crippen molar-refractivity contribution in [1.29, 1.82) is 0 Å². The van der Waals surface area contributed by atoms with Crippen LogP contribution in [0.15, 0.2) is 30.3 Å². The van der Waals surface area contributed by atoms with Crippen LogP contribution in [0, 0.1) is 12.7 Å². The molecule has 6 rings (SSSR count). The summed E-state index contributed by atoms with van der Waals surface area (Å²) in [7, 11) is 0. The van der Waals surface area contributed by atoms with Crippen molar-refractivity contribution in [3.05, 3.63) is 42.0 Å². The monoisotopic (exact) mass is 450 g/mol. The average Bonchev–Trinajstić information content (AvgIpc) is 3.29. The molecule has 2 fully saturated rings. The summed E-state index contributed by atoms with van der Waals surface area (Å²) in [5.74, 6) is 1.27. The fourth-order valence-corrected chi connectivity index (χ4v) is 5.31. The molecule has 5 heterocycles. The number of carbonyl (C=O) groups is 1. The Morgan fingerprint density at radius 1 is 1.21 bits per heavy atom. The van der Waals surface area contributed by atoms with Gasteiger partial charge in [-0.2, -0.15) is 0 Å². The van der Waals surface area contributed by atoms with Gasteiger partial charge in [-0.3, -0.25) is 4.79 Å². The molecule has 3 aromatic rings. The minimum absolute atomic E-state index is 0.0890. The Morgan fingerprint density at radius 3 is 3.03 bits per heavy atom. The molecule has 1 amide bonds. The fraction of sp³-hybridized carbons (Fsp3) is 0.458. The number of benzene rings is 1. The number of nitrogens with one attached hydrogen (secondary N) is 2. The van der Waals surface area contributed by atoms with Gasteiger partial charge in [-0.25, -0.2) is 14.4 Å². The number of rotatable bonds is 0. The Morgan fingerprint density at radius 2 is 2.12 bits per heavy atom. The van der Waals surface area contributed by atoms with E-state index in [1.807, 2.05) is 30.0 Å². The predicted molar refractivity (Wildman–Crippen MR) is 122 cm³/mol. The Bertz CT molecular complexity index is 1230. The summed E-state index contributed by atoms with van der Waals surface area (Å²) in [5.41, 5.74) is 2.81. The molecule has 2 N–H and O–H groups in total. The molecule has 0 spiro atoms. The second-order valence-electron chi connectivity index (χ2n) is 9.17. The van der Waals surface area contributed by atoms with Crippen molar-refractivity contribution in [2.45, 2.75) is 44.5 Å². The van der Waals surface area contributed by atoms with Crippen LogP contribution in [-0.4, -0.2) is 69.8 Å². The summed E-state index contributed by atoms with van der Waals surface area (Å²) in [6.07, 6.45) is 1.33. The number of hydrogen-bond donors (Lipinski definition) is 2. The third kappa shape index (κ3) is 3.75. The summed E-state index contributed by atoms with van der Waals surface area (Å²) in [6, 6.07) is 8.59. The van der Waals surface area contributed by atoms with Crippen LogP contribution in [0.1, 0.15) is 18.7 Å². The van der Waals surface area contributed by atoms with Crippen molar-refractivity contribution in [3.8, 4) is 11.3 Å². The highest BCUT2D eigenvalue weighted by molar-refractivity contribution is 5.92. The molecular formula is C24H27FN6O2. The van der Waals surface area contributed by atoms with Crippen LogP contribution in [0.25, 0.3) is 22.3 Å². The molecule has 3 aliphatic rings. The zero-order chi connectivity index (χ0) is 22.5. The lowest BCUT2D eigenvalue weighted by Gasteiger charge is -2.27. The van der Waals surface area contributed by atoms with Crippen LogP contribution in [0.2, 0.25) is 0 Å². The first-order valence-electron chi connectivity index (χ1n) is 11.6. The number of fused-ring (bicyclic) bond motifs is 7. The molecule has 9 heteroatoms. The van der Waals surface area contributed by atoms with Gasteiger partial charge in [-0.05, 0) is 38.0 Å². The van der Waals surface area contributed by atoms with Gasteiger partial charge < -0.3 is 24.8 Å². The van der Waals surface area contributed by atoms with E-state index in [1.165, 1.54) is 12.1 Å². The number of amides is 1. The van der Waals surface area contributed by atoms with Gasteiger partial charge in [-0.1, -0.05) is 6.07 Å². The molecule has 0 aliphatic carbocycles. The number of aromatic nitrogens is 3. The Balaban J connectivity index is 1.52. The minimum atomic E-state index is -0.342. The number of hydrogen-bond acceptors (Lipinski definition) is 6. The van der Waals surface area contributed by atoms with Crippen molar-refractivity contribution in [2.75, 3.05) is 31.6 Å². The molecule has 8 nitrogen and oxygen atoms in total. The normalized spacial score (nSPS) is 25.3. The van der Waals surface area contributed by atoms with E-state index in [2.05, 4.69) is 20.2 Å². The summed E-state index contributed by atoms with van der Waals surface area (Å²) in [4.78, 5) is 24.7. The van der Waals surface area contributed by atoms with Gasteiger partial charge in [0.05, 0.1) is 35.4 Å². The second-order valence-corrected chi connectivity index (χ2v) is 9.17. The van der Waals surface area contributed by atoms with Gasteiger partial charge in [0.25, 0.3) is 0 Å². The highest BCUT2D eigenvalue weighted by Gasteiger charge is 2.34. The van der Waals surface area contributed by atoms with Gasteiger partial charge >= 0.3 is 0 Å². The Kier molecular flexibility index (Phi) is 5.03. The highest BCUT2D eigenvalue weighted by Crippen LogP contribution is 2.31. The van der Waals surface area contributed by atoms with Crippen LogP contribution < -0.4 is 10.6 Å². The molecule has 0 radical (unpaired) electrons. The molecule has 1 aromatic carbocycles. The molecule has 33 heavy (non-hydrogen) atoms. The molecule has 1 unspecified atom stereocenters. The summed E-state index contributed by atoms with van der Waals surface area (Å²) < 4.78 is 22.8. The predicted octanol–water partition coefficient (Wildman–Crippen LogP) is 2.32. The van der Waals surface area contributed by atoms with Gasteiger partial charge in [0, 0.05) is 43.9 Å². The molecular weight excluding hydrogens is 423 g/mol. The highest BCUT2D eigenvalue weighted by atomic mass is 19.1. The maximum atomic E-state index is 14.6. The van der Waals surface area contributed by atoms with E-state index in [1.54, 1.807) is 0 Å². The number of imidazole rings is 1. The molecule has 3 aliphatic heterocycles. The molecule has 3 atom stereocenters. The molecule has 0 saturated carbocycles. The number of ether oxygens (including phenoxy) is 1. The average molecular weight is 451 g/mol. The Hall–Kier alpha value is -3.04. The van der Waals surface area contributed by atoms with Crippen LogP contribution in [-0.2, 0) is 16.1 Å². The van der Waals surface area contributed by atoms with Gasteiger partial charge in [-0.15, -0.1) is 0 Å². The SMILES string of the molecule is Cc1nc2cc(F)cc3c2n1CC1CN(CCCO1)C(=O)[C@@H]1C[C@@H](CN1)Nc1cccc-3n1. The smallest absolute Gasteiger partial charge is 0.239 e. The maximum Gasteiger partial charge on any atom is 0.239 e. The molecule has 6 bridgehead atoms. The van der Waals surface area contributed by atoms with Crippen molar-refractivity contribution in [3.63, 3.8) is 0 Å². The lowest BCUT2D eigenvalue weighted by atomic mass is 10.1. The molecule has 172 valence electrons. The summed E-state index contributed by atoms with van der Waals surface area (Å²) in [6.45, 7) is 4.96.